The van der Waals surface area contributed by atoms with Gasteiger partial charge in [-0.25, -0.2) is 8.42 Å². The molecule has 1 unspecified atom stereocenters. The molecular weight excluding hydrogens is 650 g/mol. The third-order valence-corrected chi connectivity index (χ3v) is 9.58. The number of nitrogens with one attached hydrogen (secondary N) is 1. The van der Waals surface area contributed by atoms with Crippen molar-refractivity contribution in [3.05, 3.63) is 119 Å². The number of methoxy groups -OCH3 is 1. The molecule has 11 heteroatoms. The number of rotatable bonds is 16. The largest absolute Gasteiger partial charge is 0.497 e. The smallest absolute Gasteiger partial charge is 0.264 e. The Morgan fingerprint density at radius 2 is 1.54 bits per heavy atom. The van der Waals surface area contributed by atoms with E-state index in [9.17, 15) is 18.0 Å². The topological polar surface area (TPSA) is 105 Å². The number of hydrogen-bond donors (Lipinski definition) is 1. The van der Waals surface area contributed by atoms with Gasteiger partial charge in [-0.05, 0) is 72.5 Å². The SMILES string of the molecule is CCOc1ccccc1N(CC(=O)N(Cc1cccc(OC)c1)C(Cc1ccccc1)C(=O)NCC(C)C)S(=O)(=O)c1ccc(Cl)cc1. The molecule has 254 valence electrons. The first-order chi connectivity index (χ1) is 23.0. The van der Waals surface area contributed by atoms with Gasteiger partial charge in [-0.15, -0.1) is 0 Å². The van der Waals surface area contributed by atoms with Crippen molar-refractivity contribution in [1.82, 2.24) is 10.2 Å². The number of anilines is 1. The Bertz CT molecular complexity index is 1770. The molecule has 0 heterocycles. The highest BCUT2D eigenvalue weighted by molar-refractivity contribution is 7.92. The number of nitrogens with zero attached hydrogens (tertiary/aromatic N) is 2. The van der Waals surface area contributed by atoms with Gasteiger partial charge in [0.1, 0.15) is 24.1 Å². The molecule has 0 spiro atoms. The molecule has 0 radical (unpaired) electrons. The number of halogens is 1. The summed E-state index contributed by atoms with van der Waals surface area (Å²) in [6, 6.07) is 28.1. The Morgan fingerprint density at radius 3 is 2.21 bits per heavy atom. The minimum atomic E-state index is -4.32. The van der Waals surface area contributed by atoms with Crippen LogP contribution >= 0.6 is 11.6 Å². The first-order valence-corrected chi connectivity index (χ1v) is 17.6. The second-order valence-electron chi connectivity index (χ2n) is 11.6. The number of sulfonamides is 1. The third-order valence-electron chi connectivity index (χ3n) is 7.56. The molecule has 4 rings (SSSR count). The molecule has 4 aromatic carbocycles. The maximum absolute atomic E-state index is 14.7. The summed E-state index contributed by atoms with van der Waals surface area (Å²) < 4.78 is 41.0. The number of benzene rings is 4. The van der Waals surface area contributed by atoms with E-state index in [-0.39, 0.29) is 42.0 Å². The van der Waals surface area contributed by atoms with Gasteiger partial charge in [0.05, 0.1) is 24.3 Å². The molecule has 48 heavy (non-hydrogen) atoms. The summed E-state index contributed by atoms with van der Waals surface area (Å²) in [6.45, 7) is 5.86. The highest BCUT2D eigenvalue weighted by atomic mass is 35.5. The molecule has 0 saturated heterocycles. The maximum atomic E-state index is 14.7. The summed E-state index contributed by atoms with van der Waals surface area (Å²) in [5.41, 5.74) is 1.74. The van der Waals surface area contributed by atoms with Gasteiger partial charge in [-0.2, -0.15) is 0 Å². The van der Waals surface area contributed by atoms with Gasteiger partial charge in [0, 0.05) is 24.5 Å². The van der Waals surface area contributed by atoms with Crippen LogP contribution in [0.15, 0.2) is 108 Å². The molecule has 0 aliphatic heterocycles. The fourth-order valence-electron chi connectivity index (χ4n) is 5.13. The van der Waals surface area contributed by atoms with Gasteiger partial charge in [0.15, 0.2) is 0 Å². The van der Waals surface area contributed by atoms with Crippen molar-refractivity contribution in [2.75, 3.05) is 31.1 Å². The summed E-state index contributed by atoms with van der Waals surface area (Å²) >= 11 is 6.09. The van der Waals surface area contributed by atoms with Crippen molar-refractivity contribution >= 4 is 39.1 Å². The number of para-hydroxylation sites is 2. The fourth-order valence-corrected chi connectivity index (χ4v) is 6.68. The Labute approximate surface area is 288 Å². The molecule has 9 nitrogen and oxygen atoms in total. The van der Waals surface area contributed by atoms with Crippen molar-refractivity contribution in [2.45, 2.75) is 44.7 Å². The lowest BCUT2D eigenvalue weighted by Gasteiger charge is -2.34. The number of hydrogen-bond acceptors (Lipinski definition) is 6. The van der Waals surface area contributed by atoms with E-state index in [1.54, 1.807) is 56.5 Å². The van der Waals surface area contributed by atoms with E-state index in [0.29, 0.717) is 28.6 Å². The molecule has 0 fully saturated rings. The molecule has 2 amide bonds. The van der Waals surface area contributed by atoms with E-state index < -0.39 is 28.5 Å². The highest BCUT2D eigenvalue weighted by Gasteiger charge is 2.35. The molecular formula is C37H42ClN3O6S. The molecule has 0 saturated carbocycles. The zero-order valence-electron chi connectivity index (χ0n) is 27.6. The summed E-state index contributed by atoms with van der Waals surface area (Å²) in [6.07, 6.45) is 0.208. The van der Waals surface area contributed by atoms with Crippen LogP contribution in [-0.2, 0) is 32.6 Å². The molecule has 0 aliphatic rings. The first-order valence-electron chi connectivity index (χ1n) is 15.8. The zero-order valence-corrected chi connectivity index (χ0v) is 29.2. The third kappa shape index (κ3) is 9.51. The lowest BCUT2D eigenvalue weighted by atomic mass is 10.0. The normalized spacial score (nSPS) is 11.9. The van der Waals surface area contributed by atoms with E-state index >= 15 is 0 Å². The standard InChI is InChI=1S/C37H42ClN3O6S/c1-5-47-35-17-10-9-16-33(35)41(48(44,45)32-20-18-30(38)19-21-32)26-36(42)40(25-29-14-11-15-31(22-29)46-4)34(37(43)39-24-27(2)3)23-28-12-7-6-8-13-28/h6-22,27,34H,5,23-26H2,1-4H3,(H,39,43). The van der Waals surface area contributed by atoms with Crippen molar-refractivity contribution in [3.63, 3.8) is 0 Å². The highest BCUT2D eigenvalue weighted by Crippen LogP contribution is 2.33. The van der Waals surface area contributed by atoms with Crippen LogP contribution in [0.5, 0.6) is 11.5 Å². The zero-order chi connectivity index (χ0) is 34.7. The van der Waals surface area contributed by atoms with Gasteiger partial charge in [-0.1, -0.05) is 80.0 Å². The minimum absolute atomic E-state index is 0.0184. The second-order valence-corrected chi connectivity index (χ2v) is 13.9. The van der Waals surface area contributed by atoms with E-state index in [1.165, 1.54) is 29.2 Å². The molecule has 0 bridgehead atoms. The van der Waals surface area contributed by atoms with E-state index in [1.807, 2.05) is 50.2 Å². The molecule has 4 aromatic rings. The van der Waals surface area contributed by atoms with Gasteiger partial charge >= 0.3 is 0 Å². The monoisotopic (exact) mass is 691 g/mol. The fraction of sp³-hybridized carbons (Fsp3) is 0.297. The lowest BCUT2D eigenvalue weighted by molar-refractivity contribution is -0.140. The quantitative estimate of drug-likeness (QED) is 0.147. The van der Waals surface area contributed by atoms with Crippen LogP contribution in [0, 0.1) is 5.92 Å². The van der Waals surface area contributed by atoms with Gasteiger partial charge < -0.3 is 19.7 Å². The summed E-state index contributed by atoms with van der Waals surface area (Å²) in [7, 11) is -2.77. The van der Waals surface area contributed by atoms with Crippen LogP contribution in [0.2, 0.25) is 5.02 Å². The summed E-state index contributed by atoms with van der Waals surface area (Å²) in [5.74, 6) is 0.124. The van der Waals surface area contributed by atoms with E-state index in [4.69, 9.17) is 21.1 Å². The van der Waals surface area contributed by atoms with Crippen molar-refractivity contribution < 1.29 is 27.5 Å². The summed E-state index contributed by atoms with van der Waals surface area (Å²) in [5, 5.41) is 3.36. The molecule has 1 N–H and O–H groups in total. The van der Waals surface area contributed by atoms with Crippen LogP contribution in [0.1, 0.15) is 31.9 Å². The second kappa shape index (κ2) is 17.0. The number of carbonyl (C=O) groups excluding carboxylic acids is 2. The minimum Gasteiger partial charge on any atom is -0.497 e. The van der Waals surface area contributed by atoms with Crippen molar-refractivity contribution in [3.8, 4) is 11.5 Å². The van der Waals surface area contributed by atoms with Crippen LogP contribution in [0.4, 0.5) is 5.69 Å². The maximum Gasteiger partial charge on any atom is 0.264 e. The predicted octanol–water partition coefficient (Wildman–Crippen LogP) is 6.35. The van der Waals surface area contributed by atoms with E-state index in [0.717, 1.165) is 9.87 Å². The summed E-state index contributed by atoms with van der Waals surface area (Å²) in [4.78, 5) is 30.1. The van der Waals surface area contributed by atoms with Gasteiger partial charge in [0.2, 0.25) is 11.8 Å². The first kappa shape index (κ1) is 36.3. The number of ether oxygens (including phenoxy) is 2. The van der Waals surface area contributed by atoms with E-state index in [2.05, 4.69) is 5.32 Å². The predicted molar refractivity (Wildman–Crippen MR) is 189 cm³/mol. The van der Waals surface area contributed by atoms with Crippen LogP contribution in [0.3, 0.4) is 0 Å². The van der Waals surface area contributed by atoms with Crippen LogP contribution in [-0.4, -0.2) is 58.0 Å². The molecule has 0 aromatic heterocycles. The Kier molecular flexibility index (Phi) is 12.9. The molecule has 1 atom stereocenters. The Balaban J connectivity index is 1.84. The van der Waals surface area contributed by atoms with Crippen LogP contribution in [0.25, 0.3) is 0 Å². The van der Waals surface area contributed by atoms with Crippen LogP contribution < -0.4 is 19.1 Å². The number of amides is 2. The average molecular weight is 692 g/mol. The molecule has 0 aliphatic carbocycles. The van der Waals surface area contributed by atoms with Gasteiger partial charge in [0.25, 0.3) is 10.0 Å². The Morgan fingerprint density at radius 1 is 0.875 bits per heavy atom. The van der Waals surface area contributed by atoms with Gasteiger partial charge in [-0.3, -0.25) is 13.9 Å². The Hall–Kier alpha value is -4.54. The van der Waals surface area contributed by atoms with Crippen molar-refractivity contribution in [2.24, 2.45) is 5.92 Å². The number of carbonyl (C=O) groups is 2. The lowest BCUT2D eigenvalue weighted by Crippen LogP contribution is -2.53. The average Bonchev–Trinajstić information content (AvgIpc) is 3.08. The van der Waals surface area contributed by atoms with Crippen molar-refractivity contribution in [1.29, 1.82) is 0 Å².